The molecule has 1 fully saturated rings. The molecule has 1 unspecified atom stereocenters. The monoisotopic (exact) mass is 453 g/mol. The van der Waals surface area contributed by atoms with Crippen LogP contribution in [-0.4, -0.2) is 36.8 Å². The molecule has 1 amide bonds. The van der Waals surface area contributed by atoms with Crippen LogP contribution < -0.4 is 5.43 Å². The second-order valence-electron chi connectivity index (χ2n) is 9.41. The molecule has 0 aliphatic carbocycles. The van der Waals surface area contributed by atoms with Crippen LogP contribution in [0.2, 0.25) is 0 Å². The molecule has 1 aromatic heterocycles. The summed E-state index contributed by atoms with van der Waals surface area (Å²) in [5.74, 6) is -0.595. The van der Waals surface area contributed by atoms with Gasteiger partial charge in [0.1, 0.15) is 5.58 Å². The molecule has 0 spiro atoms. The maximum atomic E-state index is 13.5. The Labute approximate surface area is 187 Å². The molecule has 0 bridgehead atoms. The average molecular weight is 454 g/mol. The molecule has 1 aliphatic rings. The number of hydrogen-bond acceptors (Lipinski definition) is 5. The van der Waals surface area contributed by atoms with Gasteiger partial charge in [0.25, 0.3) is 5.91 Å². The third-order valence-corrected chi connectivity index (χ3v) is 7.68. The van der Waals surface area contributed by atoms with E-state index >= 15 is 0 Å². The van der Waals surface area contributed by atoms with E-state index in [0.717, 1.165) is 5.56 Å². The van der Waals surface area contributed by atoms with E-state index in [0.29, 0.717) is 17.4 Å². The summed E-state index contributed by atoms with van der Waals surface area (Å²) >= 11 is 0. The first-order chi connectivity index (χ1) is 15.0. The van der Waals surface area contributed by atoms with Crippen LogP contribution in [0.3, 0.4) is 0 Å². The van der Waals surface area contributed by atoms with E-state index in [2.05, 4.69) is 20.8 Å². The lowest BCUT2D eigenvalue weighted by molar-refractivity contribution is 0.0648. The predicted octanol–water partition coefficient (Wildman–Crippen LogP) is 3.92. The van der Waals surface area contributed by atoms with Gasteiger partial charge in [0.2, 0.25) is 0 Å². The van der Waals surface area contributed by atoms with Crippen LogP contribution in [0.4, 0.5) is 0 Å². The molecule has 4 rings (SSSR count). The van der Waals surface area contributed by atoms with E-state index in [4.69, 9.17) is 4.42 Å². The highest BCUT2D eigenvalue weighted by Crippen LogP contribution is 2.26. The van der Waals surface area contributed by atoms with Crippen LogP contribution >= 0.6 is 0 Å². The zero-order valence-corrected chi connectivity index (χ0v) is 19.3. The summed E-state index contributed by atoms with van der Waals surface area (Å²) in [6.07, 6.45) is 0.367. The molecule has 0 radical (unpaired) electrons. The first-order valence-corrected chi connectivity index (χ1v) is 12.5. The third-order valence-electron chi connectivity index (χ3n) is 5.93. The summed E-state index contributed by atoms with van der Waals surface area (Å²) in [4.78, 5) is 27.5. The van der Waals surface area contributed by atoms with Crippen molar-refractivity contribution in [3.8, 4) is 0 Å². The highest BCUT2D eigenvalue weighted by Gasteiger charge is 2.36. The first kappa shape index (κ1) is 22.3. The molecule has 2 aromatic carbocycles. The van der Waals surface area contributed by atoms with Crippen LogP contribution in [0, 0.1) is 0 Å². The number of carbonyl (C=O) groups is 1. The highest BCUT2D eigenvalue weighted by atomic mass is 32.2. The number of fused-ring (bicyclic) bond motifs is 1. The van der Waals surface area contributed by atoms with Crippen LogP contribution in [0.25, 0.3) is 11.0 Å². The van der Waals surface area contributed by atoms with Crippen molar-refractivity contribution in [2.45, 2.75) is 45.2 Å². The topological polar surface area (TPSA) is 84.7 Å². The molecule has 6 nitrogen and oxygen atoms in total. The van der Waals surface area contributed by atoms with Gasteiger partial charge in [0.15, 0.2) is 21.0 Å². The normalized spacial score (nSPS) is 18.0. The van der Waals surface area contributed by atoms with Crippen molar-refractivity contribution in [2.75, 3.05) is 11.5 Å². The fraction of sp³-hybridized carbons (Fsp3) is 0.360. The molecule has 1 atom stereocenters. The second-order valence-corrected chi connectivity index (χ2v) is 11.6. The first-order valence-electron chi connectivity index (χ1n) is 10.7. The number of hydrogen-bond donors (Lipinski definition) is 0. The van der Waals surface area contributed by atoms with Gasteiger partial charge in [-0.1, -0.05) is 57.2 Å². The lowest BCUT2D eigenvalue weighted by atomic mass is 9.86. The minimum absolute atomic E-state index is 0.00205. The fourth-order valence-electron chi connectivity index (χ4n) is 4.05. The molecule has 168 valence electrons. The Morgan fingerprint density at radius 2 is 1.78 bits per heavy atom. The smallest absolute Gasteiger partial charge is 0.290 e. The van der Waals surface area contributed by atoms with Crippen molar-refractivity contribution in [3.05, 3.63) is 81.7 Å². The van der Waals surface area contributed by atoms with Gasteiger partial charge >= 0.3 is 0 Å². The van der Waals surface area contributed by atoms with Crippen LogP contribution in [0.1, 0.15) is 48.9 Å². The van der Waals surface area contributed by atoms with Crippen molar-refractivity contribution in [1.29, 1.82) is 0 Å². The molecule has 0 N–H and O–H groups in total. The third kappa shape index (κ3) is 4.63. The Kier molecular flexibility index (Phi) is 5.71. The molecule has 0 saturated carbocycles. The second kappa shape index (κ2) is 8.20. The molecular weight excluding hydrogens is 426 g/mol. The lowest BCUT2D eigenvalue weighted by Crippen LogP contribution is -2.41. The Hall–Kier alpha value is -2.93. The number of rotatable bonds is 4. The minimum Gasteiger partial charge on any atom is -0.451 e. The van der Waals surface area contributed by atoms with Crippen LogP contribution in [0.5, 0.6) is 0 Å². The van der Waals surface area contributed by atoms with Gasteiger partial charge in [0.05, 0.1) is 16.9 Å². The van der Waals surface area contributed by atoms with E-state index in [1.807, 2.05) is 24.3 Å². The van der Waals surface area contributed by atoms with Gasteiger partial charge in [-0.3, -0.25) is 9.59 Å². The summed E-state index contributed by atoms with van der Waals surface area (Å²) in [6.45, 7) is 6.62. The number of para-hydroxylation sites is 1. The van der Waals surface area contributed by atoms with Crippen molar-refractivity contribution in [2.24, 2.45) is 0 Å². The standard InChI is InChI=1S/C25H27NO5S/c1-25(2,3)18-10-8-17(9-11-18)15-26(19-12-13-32(29,30)16-19)24(28)23-14-21(27)20-6-4-5-7-22(20)31-23/h4-11,14,19H,12-13,15-16H2,1-3H3. The summed E-state index contributed by atoms with van der Waals surface area (Å²) in [5, 5.41) is 0.400. The van der Waals surface area contributed by atoms with Crippen molar-refractivity contribution < 1.29 is 17.6 Å². The van der Waals surface area contributed by atoms with Gasteiger partial charge in [-0.05, 0) is 35.1 Å². The molecule has 3 aromatic rings. The summed E-state index contributed by atoms with van der Waals surface area (Å²) in [7, 11) is -3.20. The van der Waals surface area contributed by atoms with E-state index in [-0.39, 0.29) is 34.7 Å². The summed E-state index contributed by atoms with van der Waals surface area (Å²) < 4.78 is 30.0. The summed E-state index contributed by atoms with van der Waals surface area (Å²) in [5.41, 5.74) is 2.09. The predicted molar refractivity (Wildman–Crippen MR) is 125 cm³/mol. The molecule has 1 aliphatic heterocycles. The number of nitrogens with zero attached hydrogens (tertiary/aromatic N) is 1. The molecule has 32 heavy (non-hydrogen) atoms. The fourth-order valence-corrected chi connectivity index (χ4v) is 5.78. The lowest BCUT2D eigenvalue weighted by Gasteiger charge is -2.28. The zero-order valence-electron chi connectivity index (χ0n) is 18.5. The largest absolute Gasteiger partial charge is 0.451 e. The van der Waals surface area contributed by atoms with E-state index in [1.165, 1.54) is 16.5 Å². The van der Waals surface area contributed by atoms with Gasteiger partial charge in [0, 0.05) is 18.7 Å². The van der Waals surface area contributed by atoms with Crippen molar-refractivity contribution >= 4 is 26.7 Å². The summed E-state index contributed by atoms with van der Waals surface area (Å²) in [6, 6.07) is 15.5. The number of sulfone groups is 1. The zero-order chi connectivity index (χ0) is 23.1. The average Bonchev–Trinajstić information content (AvgIpc) is 3.10. The maximum Gasteiger partial charge on any atom is 0.290 e. The molecule has 2 heterocycles. The highest BCUT2D eigenvalue weighted by molar-refractivity contribution is 7.91. The van der Waals surface area contributed by atoms with Gasteiger partial charge in [-0.2, -0.15) is 0 Å². The minimum atomic E-state index is -3.20. The van der Waals surface area contributed by atoms with Crippen molar-refractivity contribution in [1.82, 2.24) is 4.90 Å². The van der Waals surface area contributed by atoms with Crippen LogP contribution in [-0.2, 0) is 21.8 Å². The van der Waals surface area contributed by atoms with E-state index in [9.17, 15) is 18.0 Å². The van der Waals surface area contributed by atoms with Crippen LogP contribution in [0.15, 0.2) is 63.8 Å². The SMILES string of the molecule is CC(C)(C)c1ccc(CN(C(=O)c2cc(=O)c3ccccc3o2)C2CCS(=O)(=O)C2)cc1. The Balaban J connectivity index is 1.70. The number of carbonyl (C=O) groups excluding carboxylic acids is 1. The van der Waals surface area contributed by atoms with E-state index in [1.54, 1.807) is 24.3 Å². The molecular formula is C25H27NO5S. The number of amides is 1. The Bertz CT molecular complexity index is 1320. The van der Waals surface area contributed by atoms with Gasteiger partial charge < -0.3 is 9.32 Å². The van der Waals surface area contributed by atoms with Gasteiger partial charge in [-0.15, -0.1) is 0 Å². The maximum absolute atomic E-state index is 13.5. The van der Waals surface area contributed by atoms with Gasteiger partial charge in [-0.25, -0.2) is 8.42 Å². The molecule has 7 heteroatoms. The quantitative estimate of drug-likeness (QED) is 0.598. The Morgan fingerprint density at radius 3 is 2.41 bits per heavy atom. The number of benzene rings is 2. The van der Waals surface area contributed by atoms with E-state index < -0.39 is 21.8 Å². The Morgan fingerprint density at radius 1 is 1.09 bits per heavy atom. The van der Waals surface area contributed by atoms with Crippen molar-refractivity contribution in [3.63, 3.8) is 0 Å². The molecule has 1 saturated heterocycles.